The van der Waals surface area contributed by atoms with Crippen LogP contribution >= 0.6 is 8.60 Å². The quantitative estimate of drug-likeness (QED) is 0.123. The van der Waals surface area contributed by atoms with Gasteiger partial charge in [-0.15, -0.1) is 0 Å². The van der Waals surface area contributed by atoms with E-state index in [4.69, 9.17) is 11.1 Å². The molecule has 0 saturated carbocycles. The lowest BCUT2D eigenvalue weighted by Crippen LogP contribution is -2.38. The van der Waals surface area contributed by atoms with Crippen LogP contribution in [0.15, 0.2) is 48.6 Å². The van der Waals surface area contributed by atoms with Gasteiger partial charge in [-0.05, 0) is 73.5 Å². The molecule has 0 heterocycles. The molecule has 0 atom stereocenters. The first-order chi connectivity index (χ1) is 20.6. The van der Waals surface area contributed by atoms with Crippen molar-refractivity contribution in [1.82, 2.24) is 0 Å². The van der Waals surface area contributed by atoms with E-state index in [1.807, 2.05) is 0 Å². The third kappa shape index (κ3) is 10.5. The van der Waals surface area contributed by atoms with Crippen LogP contribution in [0.25, 0.3) is 0 Å². The maximum Gasteiger partial charge on any atom is 0.328 e. The molecule has 0 radical (unpaired) electrons. The fourth-order valence-electron chi connectivity index (χ4n) is 6.34. The summed E-state index contributed by atoms with van der Waals surface area (Å²) in [6.07, 6.45) is 10.5. The Morgan fingerprint density at radius 1 is 0.578 bits per heavy atom. The highest BCUT2D eigenvalue weighted by molar-refractivity contribution is 7.39. The van der Waals surface area contributed by atoms with Gasteiger partial charge in [0.05, 0.1) is 0 Å². The first kappa shape index (κ1) is 39.7. The molecule has 254 valence electrons. The van der Waals surface area contributed by atoms with Crippen molar-refractivity contribution in [2.45, 2.75) is 175 Å². The zero-order chi connectivity index (χ0) is 34.4. The van der Waals surface area contributed by atoms with Crippen LogP contribution in [0.2, 0.25) is 0 Å². The van der Waals surface area contributed by atoms with E-state index in [0.29, 0.717) is 0 Å². The molecule has 0 aliphatic carbocycles. The monoisotopic (exact) mass is 638 g/mol. The number of benzene rings is 2. The SMILES string of the molecule is C=C(CCCCCCCCCC)C(OP(O)O)(c1ccc(C(C)(C)C)cc1C(C)(C)C)c1ccc(C(C)(C)C)cc1C(C)(C)C. The van der Waals surface area contributed by atoms with Gasteiger partial charge in [0.1, 0.15) is 5.60 Å². The second kappa shape index (κ2) is 15.6. The van der Waals surface area contributed by atoms with E-state index < -0.39 is 14.2 Å². The van der Waals surface area contributed by atoms with Gasteiger partial charge >= 0.3 is 8.60 Å². The summed E-state index contributed by atoms with van der Waals surface area (Å²) in [4.78, 5) is 21.6. The zero-order valence-corrected chi connectivity index (χ0v) is 32.2. The molecule has 0 fully saturated rings. The van der Waals surface area contributed by atoms with Crippen molar-refractivity contribution in [2.24, 2.45) is 0 Å². The Hall–Kier alpha value is -1.51. The zero-order valence-electron chi connectivity index (χ0n) is 31.3. The van der Waals surface area contributed by atoms with Crippen LogP contribution in [0.1, 0.15) is 181 Å². The normalized spacial score (nSPS) is 13.5. The summed E-state index contributed by atoms with van der Waals surface area (Å²) < 4.78 is 6.59. The lowest BCUT2D eigenvalue weighted by Gasteiger charge is -2.43. The van der Waals surface area contributed by atoms with Gasteiger partial charge in [0.2, 0.25) is 0 Å². The van der Waals surface area contributed by atoms with Gasteiger partial charge in [-0.25, -0.2) is 0 Å². The second-order valence-electron chi connectivity index (χ2n) is 17.4. The van der Waals surface area contributed by atoms with Gasteiger partial charge in [-0.1, -0.05) is 178 Å². The molecule has 45 heavy (non-hydrogen) atoms. The van der Waals surface area contributed by atoms with E-state index in [1.165, 1.54) is 49.7 Å². The van der Waals surface area contributed by atoms with Crippen LogP contribution in [0.4, 0.5) is 0 Å². The average Bonchev–Trinajstić information content (AvgIpc) is 2.90. The van der Waals surface area contributed by atoms with Crippen LogP contribution < -0.4 is 0 Å². The standard InChI is InChI=1S/C41H67O3P/c1-15-16-17-18-19-20-21-22-23-30(2)41(44-45(42)43,33-26-24-31(37(3,4)5)28-35(33)39(9,10)11)34-27-25-32(38(6,7)8)29-36(34)40(12,13)14/h24-29,42-43H,2,15-23H2,1,3-14H3. The highest BCUT2D eigenvalue weighted by Gasteiger charge is 2.46. The summed E-state index contributed by atoms with van der Waals surface area (Å²) in [5.41, 5.74) is 5.79. The van der Waals surface area contributed by atoms with Crippen LogP contribution in [0.3, 0.4) is 0 Å². The van der Waals surface area contributed by atoms with E-state index in [-0.39, 0.29) is 21.7 Å². The minimum atomic E-state index is -2.72. The van der Waals surface area contributed by atoms with Gasteiger partial charge in [-0.2, -0.15) is 0 Å². The maximum absolute atomic E-state index is 10.8. The van der Waals surface area contributed by atoms with Crippen molar-refractivity contribution >= 4 is 8.60 Å². The van der Waals surface area contributed by atoms with Gasteiger partial charge in [0.15, 0.2) is 0 Å². The van der Waals surface area contributed by atoms with Crippen molar-refractivity contribution in [2.75, 3.05) is 0 Å². The Labute approximate surface area is 279 Å². The van der Waals surface area contributed by atoms with E-state index in [0.717, 1.165) is 47.1 Å². The number of unbranched alkanes of at least 4 members (excludes halogenated alkanes) is 7. The summed E-state index contributed by atoms with van der Waals surface area (Å²) in [7, 11) is -2.72. The summed E-state index contributed by atoms with van der Waals surface area (Å²) >= 11 is 0. The fraction of sp³-hybridized carbons (Fsp3) is 0.659. The van der Waals surface area contributed by atoms with E-state index in [1.54, 1.807) is 0 Å². The predicted molar refractivity (Wildman–Crippen MR) is 197 cm³/mol. The molecule has 0 spiro atoms. The highest BCUT2D eigenvalue weighted by Crippen LogP contribution is 2.54. The van der Waals surface area contributed by atoms with Crippen molar-refractivity contribution in [3.63, 3.8) is 0 Å². The van der Waals surface area contributed by atoms with Gasteiger partial charge in [0.25, 0.3) is 0 Å². The van der Waals surface area contributed by atoms with Crippen molar-refractivity contribution < 1.29 is 14.3 Å². The summed E-state index contributed by atoms with van der Waals surface area (Å²) in [5.74, 6) is 0. The van der Waals surface area contributed by atoms with E-state index >= 15 is 0 Å². The Morgan fingerprint density at radius 3 is 1.29 bits per heavy atom. The van der Waals surface area contributed by atoms with Crippen molar-refractivity contribution in [3.05, 3.63) is 81.9 Å². The molecule has 3 nitrogen and oxygen atoms in total. The lowest BCUT2D eigenvalue weighted by molar-refractivity contribution is 0.118. The minimum absolute atomic E-state index is 0.0400. The molecule has 4 heteroatoms. The first-order valence-electron chi connectivity index (χ1n) is 17.4. The van der Waals surface area contributed by atoms with E-state index in [9.17, 15) is 9.79 Å². The average molecular weight is 639 g/mol. The second-order valence-corrected chi connectivity index (χ2v) is 18.1. The van der Waals surface area contributed by atoms with Crippen LogP contribution in [0.5, 0.6) is 0 Å². The Kier molecular flexibility index (Phi) is 13.7. The van der Waals surface area contributed by atoms with Gasteiger partial charge in [-0.3, -0.25) is 4.52 Å². The molecule has 0 aromatic heterocycles. The summed E-state index contributed by atoms with van der Waals surface area (Å²) in [5, 5.41) is 0. The Morgan fingerprint density at radius 2 is 0.956 bits per heavy atom. The largest absolute Gasteiger partial charge is 0.328 e. The molecule has 0 aliphatic rings. The third-order valence-electron chi connectivity index (χ3n) is 9.19. The molecule has 2 rings (SSSR count). The summed E-state index contributed by atoms with van der Waals surface area (Å²) in [6.45, 7) is 33.8. The molecule has 2 N–H and O–H groups in total. The Balaban J connectivity index is 2.91. The molecule has 2 aromatic carbocycles. The Bertz CT molecular complexity index is 1170. The first-order valence-corrected chi connectivity index (χ1v) is 18.6. The summed E-state index contributed by atoms with van der Waals surface area (Å²) in [6, 6.07) is 13.4. The van der Waals surface area contributed by atoms with Crippen molar-refractivity contribution in [1.29, 1.82) is 0 Å². The lowest BCUT2D eigenvalue weighted by atomic mass is 9.67. The number of rotatable bonds is 14. The number of hydrogen-bond donors (Lipinski definition) is 2. The van der Waals surface area contributed by atoms with Gasteiger partial charge < -0.3 is 9.79 Å². The topological polar surface area (TPSA) is 49.7 Å². The van der Waals surface area contributed by atoms with Crippen LogP contribution in [0, 0.1) is 0 Å². The molecule has 0 unspecified atom stereocenters. The minimum Gasteiger partial charge on any atom is -0.328 e. The molecule has 0 aliphatic heterocycles. The molecule has 0 amide bonds. The fourth-order valence-corrected chi connectivity index (χ4v) is 6.91. The smallest absolute Gasteiger partial charge is 0.328 e. The predicted octanol–water partition coefficient (Wildman–Crippen LogP) is 12.4. The molecular weight excluding hydrogens is 571 g/mol. The third-order valence-corrected chi connectivity index (χ3v) is 9.63. The maximum atomic E-state index is 10.8. The molecule has 2 aromatic rings. The van der Waals surface area contributed by atoms with Crippen molar-refractivity contribution in [3.8, 4) is 0 Å². The van der Waals surface area contributed by atoms with E-state index in [2.05, 4.69) is 126 Å². The van der Waals surface area contributed by atoms with Crippen LogP contribution in [-0.4, -0.2) is 9.79 Å². The highest BCUT2D eigenvalue weighted by atomic mass is 31.2. The number of hydrogen-bond acceptors (Lipinski definition) is 3. The molecule has 0 saturated heterocycles. The molecule has 0 bridgehead atoms. The van der Waals surface area contributed by atoms with Gasteiger partial charge in [0, 0.05) is 0 Å². The molecular formula is C41H67O3P. The van der Waals surface area contributed by atoms with Crippen LogP contribution in [-0.2, 0) is 31.8 Å².